The van der Waals surface area contributed by atoms with E-state index in [-0.39, 0.29) is 17.8 Å². The molecular formula is C27H19Cl3N4O3. The van der Waals surface area contributed by atoms with Gasteiger partial charge in [0, 0.05) is 15.6 Å². The number of aromatic amines is 1. The molecule has 4 aromatic rings. The first kappa shape index (κ1) is 24.9. The molecule has 0 unspecified atom stereocenters. The highest BCUT2D eigenvalue weighted by Crippen LogP contribution is 2.32. The second-order valence-electron chi connectivity index (χ2n) is 8.46. The van der Waals surface area contributed by atoms with Crippen LogP contribution in [0, 0.1) is 6.92 Å². The van der Waals surface area contributed by atoms with Crippen LogP contribution in [0.4, 0.5) is 4.79 Å². The van der Waals surface area contributed by atoms with Gasteiger partial charge in [-0.2, -0.15) is 0 Å². The molecule has 0 atom stereocenters. The van der Waals surface area contributed by atoms with Gasteiger partial charge in [0.1, 0.15) is 5.70 Å². The Hall–Kier alpha value is -3.78. The van der Waals surface area contributed by atoms with Gasteiger partial charge in [-0.15, -0.1) is 0 Å². The second kappa shape index (κ2) is 9.94. The Kier molecular flexibility index (Phi) is 6.69. The number of para-hydroxylation sites is 1. The highest BCUT2D eigenvalue weighted by molar-refractivity contribution is 6.36. The Balaban J connectivity index is 1.62. The normalized spacial score (nSPS) is 14.5. The van der Waals surface area contributed by atoms with E-state index >= 15 is 0 Å². The van der Waals surface area contributed by atoms with Gasteiger partial charge >= 0.3 is 6.03 Å². The Morgan fingerprint density at radius 3 is 2.38 bits per heavy atom. The minimum atomic E-state index is -0.600. The molecule has 3 amide bonds. The minimum absolute atomic E-state index is 0.0268. The van der Waals surface area contributed by atoms with Crippen molar-refractivity contribution < 1.29 is 9.59 Å². The Morgan fingerprint density at radius 1 is 0.892 bits per heavy atom. The number of nitrogens with zero attached hydrogens (tertiary/aromatic N) is 2. The Labute approximate surface area is 226 Å². The van der Waals surface area contributed by atoms with Gasteiger partial charge in [0.05, 0.1) is 28.5 Å². The van der Waals surface area contributed by atoms with Crippen LogP contribution in [-0.4, -0.2) is 26.6 Å². The van der Waals surface area contributed by atoms with Gasteiger partial charge in [-0.3, -0.25) is 19.6 Å². The highest BCUT2D eigenvalue weighted by atomic mass is 35.5. The van der Waals surface area contributed by atoms with Gasteiger partial charge in [0.15, 0.2) is 0 Å². The number of H-pyrrole nitrogens is 1. The summed E-state index contributed by atoms with van der Waals surface area (Å²) >= 11 is 18.6. The van der Waals surface area contributed by atoms with Crippen molar-refractivity contribution in [3.05, 3.63) is 115 Å². The maximum atomic E-state index is 13.6. The smallest absolute Gasteiger partial charge is 0.303 e. The van der Waals surface area contributed by atoms with E-state index in [1.54, 1.807) is 48.5 Å². The first-order chi connectivity index (χ1) is 17.7. The lowest BCUT2D eigenvalue weighted by Crippen LogP contribution is -2.30. The van der Waals surface area contributed by atoms with Crippen molar-refractivity contribution in [2.45, 2.75) is 13.5 Å². The molecule has 0 spiro atoms. The Morgan fingerprint density at radius 2 is 1.65 bits per heavy atom. The van der Waals surface area contributed by atoms with Crippen molar-refractivity contribution in [3.8, 4) is 16.9 Å². The van der Waals surface area contributed by atoms with E-state index in [1.807, 2.05) is 25.1 Å². The van der Waals surface area contributed by atoms with E-state index < -0.39 is 17.5 Å². The summed E-state index contributed by atoms with van der Waals surface area (Å²) in [5, 5.41) is 6.94. The molecule has 7 nitrogen and oxygen atoms in total. The van der Waals surface area contributed by atoms with E-state index in [2.05, 4.69) is 10.4 Å². The fourth-order valence-electron chi connectivity index (χ4n) is 4.14. The first-order valence-electron chi connectivity index (χ1n) is 11.2. The number of aromatic nitrogens is 2. The first-order valence-corrected chi connectivity index (χ1v) is 12.3. The molecular weight excluding hydrogens is 535 g/mol. The van der Waals surface area contributed by atoms with E-state index in [4.69, 9.17) is 34.8 Å². The number of imide groups is 1. The summed E-state index contributed by atoms with van der Waals surface area (Å²) in [5.41, 5.74) is 2.76. The third kappa shape index (κ3) is 4.81. The molecule has 5 rings (SSSR count). The molecule has 0 saturated carbocycles. The molecule has 1 saturated heterocycles. The van der Waals surface area contributed by atoms with Gasteiger partial charge in [-0.1, -0.05) is 65.1 Å². The lowest BCUT2D eigenvalue weighted by Gasteiger charge is -2.11. The largest absolute Gasteiger partial charge is 0.329 e. The van der Waals surface area contributed by atoms with Crippen LogP contribution in [0.1, 0.15) is 16.7 Å². The summed E-state index contributed by atoms with van der Waals surface area (Å²) in [6, 6.07) is 18.5. The average Bonchev–Trinajstić information content (AvgIpc) is 3.30. The molecule has 0 radical (unpaired) electrons. The third-order valence-electron chi connectivity index (χ3n) is 5.96. The van der Waals surface area contributed by atoms with Crippen molar-refractivity contribution in [3.63, 3.8) is 0 Å². The number of urea groups is 1. The summed E-state index contributed by atoms with van der Waals surface area (Å²) in [6.07, 6.45) is 1.37. The molecule has 2 heterocycles. The van der Waals surface area contributed by atoms with Gasteiger partial charge < -0.3 is 5.32 Å². The highest BCUT2D eigenvalue weighted by Gasteiger charge is 2.34. The molecule has 1 fully saturated rings. The van der Waals surface area contributed by atoms with Crippen LogP contribution in [0.15, 0.2) is 77.2 Å². The predicted octanol–water partition coefficient (Wildman–Crippen LogP) is 6.19. The SMILES string of the molecule is Cc1ccccc1-n1[nH]c(-c2ccc(Cl)cc2Cl)c(/C=C2\NC(=O)N(Cc3cccc(Cl)c3)C2=O)c1=O. The lowest BCUT2D eigenvalue weighted by atomic mass is 10.1. The quantitative estimate of drug-likeness (QED) is 0.228. The molecule has 1 aliphatic heterocycles. The van der Waals surface area contributed by atoms with Crippen molar-refractivity contribution in [2.24, 2.45) is 0 Å². The number of hydrogen-bond acceptors (Lipinski definition) is 3. The van der Waals surface area contributed by atoms with Crippen molar-refractivity contribution >= 4 is 52.8 Å². The number of carbonyl (C=O) groups excluding carboxylic acids is 2. The van der Waals surface area contributed by atoms with Crippen LogP contribution < -0.4 is 10.9 Å². The fourth-order valence-corrected chi connectivity index (χ4v) is 4.86. The number of halogens is 3. The predicted molar refractivity (Wildman–Crippen MR) is 145 cm³/mol. The third-order valence-corrected chi connectivity index (χ3v) is 6.75. The number of nitrogens with one attached hydrogen (secondary N) is 2. The summed E-state index contributed by atoms with van der Waals surface area (Å²) in [7, 11) is 0. The molecule has 1 aliphatic rings. The summed E-state index contributed by atoms with van der Waals surface area (Å²) < 4.78 is 1.38. The maximum absolute atomic E-state index is 13.6. The number of carbonyl (C=O) groups is 2. The average molecular weight is 554 g/mol. The fraction of sp³-hybridized carbons (Fsp3) is 0.0741. The van der Waals surface area contributed by atoms with Crippen molar-refractivity contribution in [1.82, 2.24) is 20.0 Å². The van der Waals surface area contributed by atoms with E-state index in [1.165, 1.54) is 10.8 Å². The van der Waals surface area contributed by atoms with Crippen LogP contribution in [0.3, 0.4) is 0 Å². The van der Waals surface area contributed by atoms with Gasteiger partial charge in [-0.05, 0) is 60.5 Å². The zero-order chi connectivity index (χ0) is 26.3. The van der Waals surface area contributed by atoms with Crippen LogP contribution in [0.25, 0.3) is 23.0 Å². The standard InChI is InChI=1S/C27H19Cl3N4O3/c1-15-5-2-3-8-23(15)34-25(35)20(24(32-34)19-10-9-18(29)12-21(19)30)13-22-26(36)33(27(37)31-22)14-16-6-4-7-17(28)11-16/h2-13,32H,14H2,1H3,(H,31,37)/b22-13-. The van der Waals surface area contributed by atoms with Gasteiger partial charge in [0.25, 0.3) is 11.5 Å². The van der Waals surface area contributed by atoms with E-state index in [0.717, 1.165) is 10.5 Å². The van der Waals surface area contributed by atoms with E-state index in [9.17, 15) is 14.4 Å². The lowest BCUT2D eigenvalue weighted by molar-refractivity contribution is -0.123. The van der Waals surface area contributed by atoms with Crippen LogP contribution in [0.5, 0.6) is 0 Å². The molecule has 0 bridgehead atoms. The summed E-state index contributed by atoms with van der Waals surface area (Å²) in [6.45, 7) is 1.91. The zero-order valence-corrected chi connectivity index (χ0v) is 21.7. The van der Waals surface area contributed by atoms with E-state index in [0.29, 0.717) is 37.6 Å². The second-order valence-corrected chi connectivity index (χ2v) is 9.74. The van der Waals surface area contributed by atoms with Crippen LogP contribution in [0.2, 0.25) is 15.1 Å². The number of benzene rings is 3. The minimum Gasteiger partial charge on any atom is -0.303 e. The summed E-state index contributed by atoms with van der Waals surface area (Å²) in [5.74, 6) is -0.568. The van der Waals surface area contributed by atoms with Gasteiger partial charge in [-0.25, -0.2) is 9.48 Å². The zero-order valence-electron chi connectivity index (χ0n) is 19.4. The number of aryl methyl sites for hydroxylation is 1. The molecule has 0 aliphatic carbocycles. The van der Waals surface area contributed by atoms with Crippen molar-refractivity contribution in [1.29, 1.82) is 0 Å². The van der Waals surface area contributed by atoms with Gasteiger partial charge in [0.2, 0.25) is 0 Å². The molecule has 3 aromatic carbocycles. The molecule has 10 heteroatoms. The molecule has 2 N–H and O–H groups in total. The molecule has 186 valence electrons. The number of amides is 3. The summed E-state index contributed by atoms with van der Waals surface area (Å²) in [4.78, 5) is 40.6. The topological polar surface area (TPSA) is 87.2 Å². The maximum Gasteiger partial charge on any atom is 0.329 e. The monoisotopic (exact) mass is 552 g/mol. The Bertz CT molecular complexity index is 1650. The molecule has 1 aromatic heterocycles. The van der Waals surface area contributed by atoms with Crippen LogP contribution in [-0.2, 0) is 11.3 Å². The van der Waals surface area contributed by atoms with Crippen LogP contribution >= 0.6 is 34.8 Å². The van der Waals surface area contributed by atoms with Crippen molar-refractivity contribution in [2.75, 3.05) is 0 Å². The molecule has 37 heavy (non-hydrogen) atoms. The number of rotatable bonds is 5. The number of hydrogen-bond donors (Lipinski definition) is 2.